The maximum Gasteiger partial charge on any atom is 0.269 e. The predicted octanol–water partition coefficient (Wildman–Crippen LogP) is 3.58. The molecule has 6 heteroatoms. The van der Waals surface area contributed by atoms with Crippen LogP contribution in [0.3, 0.4) is 0 Å². The summed E-state index contributed by atoms with van der Waals surface area (Å²) in [7, 11) is 3.27. The monoisotopic (exact) mass is 342 g/mol. The van der Waals surface area contributed by atoms with E-state index >= 15 is 0 Å². The number of benzene rings is 2. The van der Waals surface area contributed by atoms with Crippen molar-refractivity contribution in [3.05, 3.63) is 63.2 Å². The van der Waals surface area contributed by atoms with Crippen molar-refractivity contribution >= 4 is 5.69 Å². The van der Waals surface area contributed by atoms with Crippen LogP contribution in [0.1, 0.15) is 29.7 Å². The first-order valence-electron chi connectivity index (χ1n) is 8.32. The number of ether oxygens (including phenoxy) is 2. The Morgan fingerprint density at radius 2 is 1.80 bits per heavy atom. The molecule has 6 nitrogen and oxygen atoms in total. The van der Waals surface area contributed by atoms with Crippen molar-refractivity contribution in [1.82, 2.24) is 4.90 Å². The summed E-state index contributed by atoms with van der Waals surface area (Å²) in [6.07, 6.45) is 0.938. The molecule has 25 heavy (non-hydrogen) atoms. The van der Waals surface area contributed by atoms with Crippen molar-refractivity contribution in [3.8, 4) is 11.5 Å². The summed E-state index contributed by atoms with van der Waals surface area (Å²) >= 11 is 0. The number of nitro benzene ring substituents is 1. The zero-order valence-electron chi connectivity index (χ0n) is 14.7. The zero-order chi connectivity index (χ0) is 18.0. The fraction of sp³-hybridized carbons (Fsp3) is 0.368. The molecular formula is C19H22N2O4. The lowest BCUT2D eigenvalue weighted by Gasteiger charge is -2.37. The number of hydrogen-bond acceptors (Lipinski definition) is 5. The van der Waals surface area contributed by atoms with Crippen LogP contribution in [-0.2, 0) is 6.42 Å². The minimum atomic E-state index is -0.371. The highest BCUT2D eigenvalue weighted by molar-refractivity contribution is 5.52. The fourth-order valence-electron chi connectivity index (χ4n) is 3.51. The topological polar surface area (TPSA) is 64.8 Å². The van der Waals surface area contributed by atoms with E-state index in [1.165, 1.54) is 11.1 Å². The molecule has 2 aromatic carbocycles. The van der Waals surface area contributed by atoms with Gasteiger partial charge >= 0.3 is 0 Å². The molecule has 0 N–H and O–H groups in total. The fourth-order valence-corrected chi connectivity index (χ4v) is 3.51. The smallest absolute Gasteiger partial charge is 0.269 e. The minimum Gasteiger partial charge on any atom is -0.493 e. The Hall–Kier alpha value is -2.60. The molecular weight excluding hydrogens is 320 g/mol. The van der Waals surface area contributed by atoms with E-state index < -0.39 is 0 Å². The summed E-state index contributed by atoms with van der Waals surface area (Å²) in [6, 6.07) is 10.9. The molecule has 0 saturated carbocycles. The first-order valence-corrected chi connectivity index (χ1v) is 8.32. The van der Waals surface area contributed by atoms with Crippen molar-refractivity contribution < 1.29 is 14.4 Å². The van der Waals surface area contributed by atoms with E-state index in [0.29, 0.717) is 5.75 Å². The molecule has 0 aliphatic carbocycles. The van der Waals surface area contributed by atoms with Crippen LogP contribution in [0.25, 0.3) is 0 Å². The van der Waals surface area contributed by atoms with Gasteiger partial charge in [-0.15, -0.1) is 0 Å². The van der Waals surface area contributed by atoms with E-state index in [1.54, 1.807) is 26.4 Å². The largest absolute Gasteiger partial charge is 0.493 e. The average Bonchev–Trinajstić information content (AvgIpc) is 2.65. The Morgan fingerprint density at radius 3 is 2.36 bits per heavy atom. The molecule has 2 aromatic rings. The standard InChI is InChI=1S/C19H22N2O4/c1-4-20-10-9-14-11-17(24-2)18(25-3)12-16(14)19(20)13-5-7-15(8-6-13)21(22)23/h5-8,11-12,19H,4,9-10H2,1-3H3. The zero-order valence-corrected chi connectivity index (χ0v) is 14.7. The summed E-state index contributed by atoms with van der Waals surface area (Å²) in [5.41, 5.74) is 3.54. The molecule has 1 heterocycles. The Kier molecular flexibility index (Phi) is 4.90. The van der Waals surface area contributed by atoms with E-state index in [9.17, 15) is 10.1 Å². The van der Waals surface area contributed by atoms with Gasteiger partial charge in [0.1, 0.15) is 0 Å². The van der Waals surface area contributed by atoms with E-state index in [0.717, 1.165) is 30.8 Å². The number of rotatable bonds is 5. The third-order valence-electron chi connectivity index (χ3n) is 4.80. The number of likely N-dealkylation sites (N-methyl/N-ethyl adjacent to an activating group) is 1. The van der Waals surface area contributed by atoms with E-state index in [1.807, 2.05) is 24.3 Å². The molecule has 1 unspecified atom stereocenters. The molecule has 1 aliphatic heterocycles. The number of non-ortho nitro benzene ring substituents is 1. The van der Waals surface area contributed by atoms with E-state index in [2.05, 4.69) is 11.8 Å². The lowest BCUT2D eigenvalue weighted by Crippen LogP contribution is -2.36. The lowest BCUT2D eigenvalue weighted by molar-refractivity contribution is -0.384. The summed E-state index contributed by atoms with van der Waals surface area (Å²) in [6.45, 7) is 3.96. The Balaban J connectivity index is 2.09. The molecule has 3 rings (SSSR count). The molecule has 0 spiro atoms. The van der Waals surface area contributed by atoms with Crippen LogP contribution in [0.5, 0.6) is 11.5 Å². The van der Waals surface area contributed by atoms with Crippen molar-refractivity contribution in [3.63, 3.8) is 0 Å². The van der Waals surface area contributed by atoms with Gasteiger partial charge in [-0.1, -0.05) is 19.1 Å². The van der Waals surface area contributed by atoms with Crippen LogP contribution >= 0.6 is 0 Å². The maximum absolute atomic E-state index is 10.9. The van der Waals surface area contributed by atoms with Crippen LogP contribution in [0, 0.1) is 10.1 Å². The normalized spacial score (nSPS) is 17.0. The number of hydrogen-bond donors (Lipinski definition) is 0. The van der Waals surface area contributed by atoms with Gasteiger partial charge in [0.25, 0.3) is 5.69 Å². The third kappa shape index (κ3) is 3.17. The first kappa shape index (κ1) is 17.2. The SMILES string of the molecule is CCN1CCc2cc(OC)c(OC)cc2C1c1ccc([N+](=O)[O-])cc1. The van der Waals surface area contributed by atoms with Gasteiger partial charge in [-0.2, -0.15) is 0 Å². The van der Waals surface area contributed by atoms with Crippen molar-refractivity contribution in [2.75, 3.05) is 27.3 Å². The Morgan fingerprint density at radius 1 is 1.16 bits per heavy atom. The molecule has 0 aromatic heterocycles. The maximum atomic E-state index is 10.9. The summed E-state index contributed by atoms with van der Waals surface area (Å²) in [4.78, 5) is 12.9. The lowest BCUT2D eigenvalue weighted by atomic mass is 9.87. The summed E-state index contributed by atoms with van der Waals surface area (Å²) in [5, 5.41) is 10.9. The van der Waals surface area contributed by atoms with Crippen LogP contribution < -0.4 is 9.47 Å². The molecule has 0 bridgehead atoms. The molecule has 0 amide bonds. The van der Waals surface area contributed by atoms with Crippen LogP contribution in [0.4, 0.5) is 5.69 Å². The van der Waals surface area contributed by atoms with Gasteiger partial charge in [0.2, 0.25) is 0 Å². The third-order valence-corrected chi connectivity index (χ3v) is 4.80. The number of nitrogens with zero attached hydrogens (tertiary/aromatic N) is 2. The Bertz CT molecular complexity index is 774. The molecule has 0 fully saturated rings. The summed E-state index contributed by atoms with van der Waals surface area (Å²) < 4.78 is 10.9. The first-order chi connectivity index (χ1) is 12.1. The van der Waals surface area contributed by atoms with Crippen LogP contribution in [-0.4, -0.2) is 37.1 Å². The van der Waals surface area contributed by atoms with Crippen LogP contribution in [0.2, 0.25) is 0 Å². The minimum absolute atomic E-state index is 0.0503. The quantitative estimate of drug-likeness (QED) is 0.614. The van der Waals surface area contributed by atoms with Gasteiger partial charge in [-0.05, 0) is 41.8 Å². The van der Waals surface area contributed by atoms with Gasteiger partial charge in [0.15, 0.2) is 11.5 Å². The number of methoxy groups -OCH3 is 2. The van der Waals surface area contributed by atoms with Gasteiger partial charge in [-0.25, -0.2) is 0 Å². The second kappa shape index (κ2) is 7.11. The van der Waals surface area contributed by atoms with Gasteiger partial charge in [0, 0.05) is 18.7 Å². The Labute approximate surface area is 147 Å². The number of nitro groups is 1. The van der Waals surface area contributed by atoms with Gasteiger partial charge in [0.05, 0.1) is 25.2 Å². The highest BCUT2D eigenvalue weighted by Crippen LogP contribution is 2.41. The van der Waals surface area contributed by atoms with Crippen molar-refractivity contribution in [1.29, 1.82) is 0 Å². The average molecular weight is 342 g/mol. The van der Waals surface area contributed by atoms with E-state index in [4.69, 9.17) is 9.47 Å². The molecule has 1 atom stereocenters. The highest BCUT2D eigenvalue weighted by Gasteiger charge is 2.29. The molecule has 0 saturated heterocycles. The number of fused-ring (bicyclic) bond motifs is 1. The molecule has 132 valence electrons. The second-order valence-electron chi connectivity index (χ2n) is 6.04. The van der Waals surface area contributed by atoms with Gasteiger partial charge in [-0.3, -0.25) is 15.0 Å². The van der Waals surface area contributed by atoms with Gasteiger partial charge < -0.3 is 9.47 Å². The predicted molar refractivity (Wildman–Crippen MR) is 95.4 cm³/mol. The highest BCUT2D eigenvalue weighted by atomic mass is 16.6. The van der Waals surface area contributed by atoms with Crippen molar-refractivity contribution in [2.24, 2.45) is 0 Å². The van der Waals surface area contributed by atoms with E-state index in [-0.39, 0.29) is 16.7 Å². The molecule has 1 aliphatic rings. The van der Waals surface area contributed by atoms with Crippen LogP contribution in [0.15, 0.2) is 36.4 Å². The second-order valence-corrected chi connectivity index (χ2v) is 6.04. The van der Waals surface area contributed by atoms with Crippen molar-refractivity contribution in [2.45, 2.75) is 19.4 Å². The molecule has 0 radical (unpaired) electrons. The summed E-state index contributed by atoms with van der Waals surface area (Å²) in [5.74, 6) is 1.43.